The molecule has 2 N–H and O–H groups in total. The second-order valence-electron chi connectivity index (χ2n) is 5.06. The normalized spacial score (nSPS) is 10.3. The van der Waals surface area contributed by atoms with E-state index in [1.807, 2.05) is 12.1 Å². The van der Waals surface area contributed by atoms with Crippen molar-refractivity contribution in [1.29, 1.82) is 0 Å². The lowest BCUT2D eigenvalue weighted by Crippen LogP contribution is -2.34. The van der Waals surface area contributed by atoms with E-state index in [0.29, 0.717) is 27.1 Å². The molecule has 0 radical (unpaired) electrons. The lowest BCUT2D eigenvalue weighted by Gasteiger charge is -2.11. The molecule has 7 heteroatoms. The molecular weight excluding hydrogens is 379 g/mol. The fraction of sp³-hybridized carbons (Fsp3) is 0. The van der Waals surface area contributed by atoms with Crippen LogP contribution in [-0.2, 0) is 0 Å². The largest absolute Gasteiger partial charge is 0.464 e. The maximum atomic E-state index is 12.2. The van der Waals surface area contributed by atoms with Crippen LogP contribution in [-0.4, -0.2) is 11.0 Å². The van der Waals surface area contributed by atoms with Gasteiger partial charge in [-0.25, -0.2) is 0 Å². The van der Waals surface area contributed by atoms with Crippen molar-refractivity contribution in [3.63, 3.8) is 0 Å². The van der Waals surface area contributed by atoms with Crippen LogP contribution in [0.3, 0.4) is 0 Å². The van der Waals surface area contributed by atoms with E-state index in [2.05, 4.69) is 10.6 Å². The molecule has 1 amide bonds. The summed E-state index contributed by atoms with van der Waals surface area (Å²) in [5, 5.41) is 6.50. The van der Waals surface area contributed by atoms with Crippen molar-refractivity contribution in [3.05, 3.63) is 76.5 Å². The fourth-order valence-corrected chi connectivity index (χ4v) is 2.91. The number of carbonyl (C=O) groups is 1. The van der Waals surface area contributed by atoms with Crippen LogP contribution in [0.1, 0.15) is 10.4 Å². The van der Waals surface area contributed by atoms with Gasteiger partial charge in [0.15, 0.2) is 5.11 Å². The summed E-state index contributed by atoms with van der Waals surface area (Å²) >= 11 is 17.4. The maximum Gasteiger partial charge on any atom is 0.258 e. The van der Waals surface area contributed by atoms with E-state index in [4.69, 9.17) is 39.8 Å². The van der Waals surface area contributed by atoms with Gasteiger partial charge in [-0.3, -0.25) is 10.1 Å². The van der Waals surface area contributed by atoms with Crippen molar-refractivity contribution in [1.82, 2.24) is 5.32 Å². The molecule has 126 valence electrons. The van der Waals surface area contributed by atoms with Gasteiger partial charge in [-0.15, -0.1) is 0 Å². The molecule has 0 aliphatic rings. The Bertz CT molecular complexity index is 927. The average molecular weight is 391 g/mol. The van der Waals surface area contributed by atoms with Gasteiger partial charge in [0.25, 0.3) is 5.91 Å². The van der Waals surface area contributed by atoms with Crippen molar-refractivity contribution < 1.29 is 9.21 Å². The van der Waals surface area contributed by atoms with Crippen molar-refractivity contribution in [2.45, 2.75) is 0 Å². The third-order valence-electron chi connectivity index (χ3n) is 3.36. The minimum absolute atomic E-state index is 0.145. The van der Waals surface area contributed by atoms with Crippen molar-refractivity contribution in [3.8, 4) is 11.3 Å². The zero-order valence-electron chi connectivity index (χ0n) is 12.8. The number of benzene rings is 2. The van der Waals surface area contributed by atoms with Crippen LogP contribution in [0.2, 0.25) is 10.0 Å². The molecule has 0 bridgehead atoms. The molecule has 1 heterocycles. The van der Waals surface area contributed by atoms with Crippen LogP contribution in [0, 0.1) is 0 Å². The summed E-state index contributed by atoms with van der Waals surface area (Å²) in [6.07, 6.45) is 1.58. The summed E-state index contributed by atoms with van der Waals surface area (Å²) < 4.78 is 5.33. The van der Waals surface area contributed by atoms with Crippen LogP contribution in [0.25, 0.3) is 11.3 Å². The SMILES string of the molecule is O=C(NC(=S)Nc1ccc(-c2ccco2)c(Cl)c1)c1ccccc1Cl. The fourth-order valence-electron chi connectivity index (χ4n) is 2.20. The summed E-state index contributed by atoms with van der Waals surface area (Å²) in [6.45, 7) is 0. The van der Waals surface area contributed by atoms with Crippen molar-refractivity contribution in [2.24, 2.45) is 0 Å². The van der Waals surface area contributed by atoms with Gasteiger partial charge in [0.05, 0.1) is 21.9 Å². The summed E-state index contributed by atoms with van der Waals surface area (Å²) in [6, 6.07) is 15.6. The standard InChI is InChI=1S/C18H12Cl2N2O2S/c19-14-5-2-1-4-13(14)17(23)22-18(25)21-11-7-8-12(15(20)10-11)16-6-3-9-24-16/h1-10H,(H2,21,22,23,25). The number of halogens is 2. The minimum atomic E-state index is -0.388. The highest BCUT2D eigenvalue weighted by molar-refractivity contribution is 7.80. The predicted molar refractivity (Wildman–Crippen MR) is 104 cm³/mol. The molecule has 0 fully saturated rings. The molecule has 4 nitrogen and oxygen atoms in total. The Balaban J connectivity index is 1.68. The number of carbonyl (C=O) groups excluding carboxylic acids is 1. The summed E-state index contributed by atoms with van der Waals surface area (Å²) in [7, 11) is 0. The quantitative estimate of drug-likeness (QED) is 0.589. The first-order valence-electron chi connectivity index (χ1n) is 7.25. The van der Waals surface area contributed by atoms with E-state index in [1.165, 1.54) is 0 Å². The van der Waals surface area contributed by atoms with Gasteiger partial charge < -0.3 is 9.73 Å². The number of amides is 1. The van der Waals surface area contributed by atoms with Crippen molar-refractivity contribution in [2.75, 3.05) is 5.32 Å². The van der Waals surface area contributed by atoms with Crippen molar-refractivity contribution >= 4 is 52.1 Å². The topological polar surface area (TPSA) is 54.3 Å². The highest BCUT2D eigenvalue weighted by Crippen LogP contribution is 2.30. The first-order valence-corrected chi connectivity index (χ1v) is 8.41. The lowest BCUT2D eigenvalue weighted by molar-refractivity contribution is 0.0978. The van der Waals surface area contributed by atoms with Gasteiger partial charge in [0.1, 0.15) is 5.76 Å². The maximum absolute atomic E-state index is 12.2. The van der Waals surface area contributed by atoms with E-state index < -0.39 is 0 Å². The Labute approximate surface area is 159 Å². The summed E-state index contributed by atoms with van der Waals surface area (Å²) in [5.74, 6) is 0.285. The summed E-state index contributed by atoms with van der Waals surface area (Å²) in [5.41, 5.74) is 1.76. The molecule has 2 aromatic carbocycles. The number of rotatable bonds is 3. The highest BCUT2D eigenvalue weighted by Gasteiger charge is 2.12. The number of hydrogen-bond acceptors (Lipinski definition) is 3. The first-order chi connectivity index (χ1) is 12.0. The number of hydrogen-bond donors (Lipinski definition) is 2. The molecule has 0 saturated heterocycles. The van der Waals surface area contributed by atoms with Crippen LogP contribution in [0.15, 0.2) is 65.3 Å². The van der Waals surface area contributed by atoms with Gasteiger partial charge in [-0.05, 0) is 54.7 Å². The second-order valence-corrected chi connectivity index (χ2v) is 6.28. The van der Waals surface area contributed by atoms with Crippen LogP contribution >= 0.6 is 35.4 Å². The number of anilines is 1. The first kappa shape index (κ1) is 17.5. The van der Waals surface area contributed by atoms with Crippen LogP contribution in [0.4, 0.5) is 5.69 Å². The van der Waals surface area contributed by atoms with Gasteiger partial charge >= 0.3 is 0 Å². The molecule has 0 unspecified atom stereocenters. The molecule has 3 rings (SSSR count). The molecular formula is C18H12Cl2N2O2S. The van der Waals surface area contributed by atoms with Gasteiger partial charge in [0.2, 0.25) is 0 Å². The second kappa shape index (κ2) is 7.70. The lowest BCUT2D eigenvalue weighted by atomic mass is 10.1. The highest BCUT2D eigenvalue weighted by atomic mass is 35.5. The Hall–Kier alpha value is -2.34. The Morgan fingerprint density at radius 2 is 1.80 bits per heavy atom. The van der Waals surface area contributed by atoms with E-state index in [0.717, 1.165) is 5.56 Å². The predicted octanol–water partition coefficient (Wildman–Crippen LogP) is 5.38. The summed E-state index contributed by atoms with van der Waals surface area (Å²) in [4.78, 5) is 12.2. The molecule has 0 aliphatic carbocycles. The van der Waals surface area contributed by atoms with E-state index >= 15 is 0 Å². The number of nitrogens with one attached hydrogen (secondary N) is 2. The van der Waals surface area contributed by atoms with Crippen LogP contribution in [0.5, 0.6) is 0 Å². The Morgan fingerprint density at radius 3 is 2.48 bits per heavy atom. The van der Waals surface area contributed by atoms with Gasteiger partial charge in [-0.1, -0.05) is 35.3 Å². The third kappa shape index (κ3) is 4.20. The minimum Gasteiger partial charge on any atom is -0.464 e. The monoisotopic (exact) mass is 390 g/mol. The molecule has 0 saturated carbocycles. The van der Waals surface area contributed by atoms with Gasteiger partial charge in [0, 0.05) is 11.3 Å². The zero-order chi connectivity index (χ0) is 17.8. The molecule has 0 atom stereocenters. The smallest absolute Gasteiger partial charge is 0.258 e. The molecule has 0 aliphatic heterocycles. The van der Waals surface area contributed by atoms with E-state index in [9.17, 15) is 4.79 Å². The van der Waals surface area contributed by atoms with E-state index in [-0.39, 0.29) is 11.0 Å². The molecule has 3 aromatic rings. The molecule has 1 aromatic heterocycles. The Kier molecular flexibility index (Phi) is 5.38. The van der Waals surface area contributed by atoms with Crippen LogP contribution < -0.4 is 10.6 Å². The zero-order valence-corrected chi connectivity index (χ0v) is 15.1. The molecule has 25 heavy (non-hydrogen) atoms. The number of furan rings is 1. The third-order valence-corrected chi connectivity index (χ3v) is 4.21. The Morgan fingerprint density at radius 1 is 1.00 bits per heavy atom. The average Bonchev–Trinajstić information content (AvgIpc) is 3.09. The number of thiocarbonyl (C=S) groups is 1. The molecule has 0 spiro atoms. The van der Waals surface area contributed by atoms with E-state index in [1.54, 1.807) is 48.7 Å². The van der Waals surface area contributed by atoms with Gasteiger partial charge in [-0.2, -0.15) is 0 Å².